The summed E-state index contributed by atoms with van der Waals surface area (Å²) in [5.74, 6) is 0.531. The third-order valence-electron chi connectivity index (χ3n) is 3.38. The van der Waals surface area contributed by atoms with Crippen LogP contribution in [0.15, 0.2) is 18.3 Å². The van der Waals surface area contributed by atoms with Crippen molar-refractivity contribution in [1.29, 1.82) is 0 Å². The highest BCUT2D eigenvalue weighted by Gasteiger charge is 2.22. The van der Waals surface area contributed by atoms with E-state index in [-0.39, 0.29) is 11.5 Å². The minimum atomic E-state index is -0.325. The molecule has 0 aliphatic heterocycles. The van der Waals surface area contributed by atoms with E-state index < -0.39 is 0 Å². The minimum absolute atomic E-state index is 0.0401. The molecule has 0 atom stereocenters. The summed E-state index contributed by atoms with van der Waals surface area (Å²) in [4.78, 5) is 17.9. The number of aromatic nitrogens is 1. The summed E-state index contributed by atoms with van der Waals surface area (Å²) in [6, 6.07) is 3.60. The molecule has 1 aromatic rings. The Morgan fingerprint density at radius 3 is 2.50 bits per heavy atom. The SMILES string of the molecule is CCOC(=O)c1ccc(N(C)C(C)(C)CC)nc1. The fourth-order valence-electron chi connectivity index (χ4n) is 1.47. The molecule has 0 amide bonds. The topological polar surface area (TPSA) is 42.4 Å². The van der Waals surface area contributed by atoms with E-state index in [9.17, 15) is 4.79 Å². The van der Waals surface area contributed by atoms with Crippen LogP contribution in [0, 0.1) is 0 Å². The van der Waals surface area contributed by atoms with Gasteiger partial charge in [0, 0.05) is 18.8 Å². The first-order valence-electron chi connectivity index (χ1n) is 6.29. The van der Waals surface area contributed by atoms with Gasteiger partial charge in [-0.25, -0.2) is 9.78 Å². The highest BCUT2D eigenvalue weighted by atomic mass is 16.5. The lowest BCUT2D eigenvalue weighted by Crippen LogP contribution is -2.41. The first-order valence-corrected chi connectivity index (χ1v) is 6.29. The van der Waals surface area contributed by atoms with Crippen LogP contribution in [0.25, 0.3) is 0 Å². The number of anilines is 1. The Balaban J connectivity index is 2.86. The van der Waals surface area contributed by atoms with Gasteiger partial charge in [0.25, 0.3) is 0 Å². The third-order valence-corrected chi connectivity index (χ3v) is 3.38. The normalized spacial score (nSPS) is 11.2. The largest absolute Gasteiger partial charge is 0.462 e. The first kappa shape index (κ1) is 14.5. The number of esters is 1. The first-order chi connectivity index (χ1) is 8.42. The quantitative estimate of drug-likeness (QED) is 0.754. The zero-order chi connectivity index (χ0) is 13.8. The average Bonchev–Trinajstić information content (AvgIpc) is 2.38. The highest BCUT2D eigenvalue weighted by molar-refractivity contribution is 5.89. The van der Waals surface area contributed by atoms with Crippen molar-refractivity contribution >= 4 is 11.8 Å². The molecule has 4 heteroatoms. The van der Waals surface area contributed by atoms with E-state index in [1.807, 2.05) is 13.1 Å². The van der Waals surface area contributed by atoms with E-state index in [1.54, 1.807) is 19.2 Å². The number of carbonyl (C=O) groups is 1. The van der Waals surface area contributed by atoms with Crippen LogP contribution in [-0.4, -0.2) is 30.1 Å². The molecule has 0 aliphatic carbocycles. The number of hydrogen-bond donors (Lipinski definition) is 0. The molecule has 1 aromatic heterocycles. The van der Waals surface area contributed by atoms with Crippen LogP contribution in [0.4, 0.5) is 5.82 Å². The highest BCUT2D eigenvalue weighted by Crippen LogP contribution is 2.22. The van der Waals surface area contributed by atoms with Gasteiger partial charge < -0.3 is 9.64 Å². The van der Waals surface area contributed by atoms with Gasteiger partial charge in [0.15, 0.2) is 0 Å². The van der Waals surface area contributed by atoms with Crippen molar-refractivity contribution in [2.24, 2.45) is 0 Å². The minimum Gasteiger partial charge on any atom is -0.462 e. The molecule has 0 radical (unpaired) electrons. The summed E-state index contributed by atoms with van der Waals surface area (Å²) in [5.41, 5.74) is 0.529. The second-order valence-electron chi connectivity index (χ2n) is 4.85. The maximum Gasteiger partial charge on any atom is 0.339 e. The van der Waals surface area contributed by atoms with Gasteiger partial charge in [-0.1, -0.05) is 6.92 Å². The van der Waals surface area contributed by atoms with Crippen molar-refractivity contribution in [1.82, 2.24) is 4.98 Å². The van der Waals surface area contributed by atoms with Crippen LogP contribution >= 0.6 is 0 Å². The lowest BCUT2D eigenvalue weighted by molar-refractivity contribution is 0.0526. The molecule has 1 heterocycles. The second kappa shape index (κ2) is 5.85. The average molecular weight is 250 g/mol. The maximum atomic E-state index is 11.5. The van der Waals surface area contributed by atoms with E-state index in [4.69, 9.17) is 4.74 Å². The summed E-state index contributed by atoms with van der Waals surface area (Å²) in [6.45, 7) is 8.63. The fraction of sp³-hybridized carbons (Fsp3) is 0.571. The predicted molar refractivity (Wildman–Crippen MR) is 73.0 cm³/mol. The molecule has 0 bridgehead atoms. The van der Waals surface area contributed by atoms with Crippen molar-refractivity contribution in [3.05, 3.63) is 23.9 Å². The van der Waals surface area contributed by atoms with Crippen LogP contribution in [0.3, 0.4) is 0 Å². The molecule has 0 unspecified atom stereocenters. The Bertz CT molecular complexity index is 399. The van der Waals surface area contributed by atoms with E-state index in [0.717, 1.165) is 12.2 Å². The zero-order valence-electron chi connectivity index (χ0n) is 11.9. The number of hydrogen-bond acceptors (Lipinski definition) is 4. The Morgan fingerprint density at radius 1 is 1.39 bits per heavy atom. The summed E-state index contributed by atoms with van der Waals surface area (Å²) >= 11 is 0. The Morgan fingerprint density at radius 2 is 2.06 bits per heavy atom. The van der Waals surface area contributed by atoms with E-state index in [2.05, 4.69) is 30.7 Å². The van der Waals surface area contributed by atoms with Crippen molar-refractivity contribution in [3.63, 3.8) is 0 Å². The molecule has 100 valence electrons. The lowest BCUT2D eigenvalue weighted by atomic mass is 10.00. The molecule has 0 fully saturated rings. The van der Waals surface area contributed by atoms with E-state index >= 15 is 0 Å². The number of nitrogens with zero attached hydrogens (tertiary/aromatic N) is 2. The summed E-state index contributed by atoms with van der Waals surface area (Å²) in [7, 11) is 2.01. The molecule has 0 spiro atoms. The van der Waals surface area contributed by atoms with Gasteiger partial charge in [-0.05, 0) is 39.3 Å². The molecule has 0 aromatic carbocycles. The van der Waals surface area contributed by atoms with Gasteiger partial charge in [-0.15, -0.1) is 0 Å². The van der Waals surface area contributed by atoms with Crippen LogP contribution in [0.2, 0.25) is 0 Å². The van der Waals surface area contributed by atoms with Crippen molar-refractivity contribution in [2.75, 3.05) is 18.6 Å². The molecule has 4 nitrogen and oxygen atoms in total. The Labute approximate surface area is 109 Å². The van der Waals surface area contributed by atoms with Gasteiger partial charge in [0.1, 0.15) is 5.82 Å². The van der Waals surface area contributed by atoms with Crippen molar-refractivity contribution < 1.29 is 9.53 Å². The number of ether oxygens (including phenoxy) is 1. The standard InChI is InChI=1S/C14H22N2O2/c1-6-14(3,4)16(5)12-9-8-11(10-15-12)13(17)18-7-2/h8-10H,6-7H2,1-5H3. The molecular weight excluding hydrogens is 228 g/mol. The molecule has 0 saturated heterocycles. The zero-order valence-corrected chi connectivity index (χ0v) is 11.9. The number of rotatable bonds is 5. The van der Waals surface area contributed by atoms with Crippen LogP contribution < -0.4 is 4.90 Å². The van der Waals surface area contributed by atoms with Gasteiger partial charge in [0.05, 0.1) is 12.2 Å². The van der Waals surface area contributed by atoms with Crippen LogP contribution in [0.5, 0.6) is 0 Å². The summed E-state index contributed by atoms with van der Waals surface area (Å²) < 4.78 is 4.92. The second-order valence-corrected chi connectivity index (χ2v) is 4.85. The van der Waals surface area contributed by atoms with Crippen molar-refractivity contribution in [3.8, 4) is 0 Å². The predicted octanol–water partition coefficient (Wildman–Crippen LogP) is 2.88. The summed E-state index contributed by atoms with van der Waals surface area (Å²) in [5, 5.41) is 0. The van der Waals surface area contributed by atoms with Gasteiger partial charge in [-0.3, -0.25) is 0 Å². The molecule has 0 saturated carbocycles. The number of carbonyl (C=O) groups excluding carboxylic acids is 1. The molecule has 0 N–H and O–H groups in total. The fourth-order valence-corrected chi connectivity index (χ4v) is 1.47. The molecule has 1 rings (SSSR count). The molecule has 0 aliphatic rings. The molecule has 18 heavy (non-hydrogen) atoms. The number of pyridine rings is 1. The van der Waals surface area contributed by atoms with Crippen LogP contribution in [-0.2, 0) is 4.74 Å². The van der Waals surface area contributed by atoms with Gasteiger partial charge in [0.2, 0.25) is 0 Å². The van der Waals surface area contributed by atoms with E-state index in [1.165, 1.54) is 0 Å². The van der Waals surface area contributed by atoms with Gasteiger partial charge in [-0.2, -0.15) is 0 Å². The monoisotopic (exact) mass is 250 g/mol. The lowest BCUT2D eigenvalue weighted by Gasteiger charge is -2.35. The smallest absolute Gasteiger partial charge is 0.339 e. The third kappa shape index (κ3) is 3.22. The van der Waals surface area contributed by atoms with Gasteiger partial charge >= 0.3 is 5.97 Å². The molecular formula is C14H22N2O2. The maximum absolute atomic E-state index is 11.5. The van der Waals surface area contributed by atoms with Crippen LogP contribution in [0.1, 0.15) is 44.5 Å². The summed E-state index contributed by atoms with van der Waals surface area (Å²) in [6.07, 6.45) is 2.58. The Hall–Kier alpha value is -1.58. The van der Waals surface area contributed by atoms with E-state index in [0.29, 0.717) is 12.2 Å². The van der Waals surface area contributed by atoms with Crippen molar-refractivity contribution in [2.45, 2.75) is 39.7 Å². The Kier molecular flexibility index (Phi) is 4.70.